The third-order valence-corrected chi connectivity index (χ3v) is 6.88. The highest BCUT2D eigenvalue weighted by Crippen LogP contribution is 2.35. The van der Waals surface area contributed by atoms with Gasteiger partial charge in [0, 0.05) is 42.9 Å². The first-order chi connectivity index (χ1) is 15.3. The van der Waals surface area contributed by atoms with Crippen molar-refractivity contribution in [2.45, 2.75) is 51.6 Å². The van der Waals surface area contributed by atoms with E-state index < -0.39 is 12.0 Å². The van der Waals surface area contributed by atoms with Crippen LogP contribution in [0.4, 0.5) is 24.7 Å². The summed E-state index contributed by atoms with van der Waals surface area (Å²) in [5.74, 6) is -0.588. The zero-order valence-corrected chi connectivity index (χ0v) is 17.7. The van der Waals surface area contributed by atoms with Crippen LogP contribution in [0.15, 0.2) is 12.3 Å². The third kappa shape index (κ3) is 2.94. The van der Waals surface area contributed by atoms with Gasteiger partial charge in [0.05, 0.1) is 30.6 Å². The molecule has 8 nitrogen and oxygen atoms in total. The SMILES string of the molecule is Cc1c(N2CCc3ncc(N4CC5CC4CO5)cc3C2)nn2c(C(F)(F)F)nnc2c1C. The first kappa shape index (κ1) is 19.7. The molecule has 2 unspecified atom stereocenters. The molecular weight excluding hydrogens is 423 g/mol. The van der Waals surface area contributed by atoms with Gasteiger partial charge < -0.3 is 14.5 Å². The molecule has 168 valence electrons. The van der Waals surface area contributed by atoms with E-state index in [2.05, 4.69) is 26.3 Å². The van der Waals surface area contributed by atoms with Crippen LogP contribution in [-0.4, -0.2) is 56.6 Å². The number of fused-ring (bicyclic) bond motifs is 4. The number of aromatic nitrogens is 5. The Kier molecular flexibility index (Phi) is 4.17. The minimum absolute atomic E-state index is 0.131. The fourth-order valence-corrected chi connectivity index (χ4v) is 5.06. The molecule has 2 atom stereocenters. The van der Waals surface area contributed by atoms with Crippen LogP contribution in [0.25, 0.3) is 5.65 Å². The lowest BCUT2D eigenvalue weighted by Crippen LogP contribution is -2.38. The average Bonchev–Trinajstić information content (AvgIpc) is 3.50. The largest absolute Gasteiger partial charge is 0.453 e. The maximum atomic E-state index is 13.4. The summed E-state index contributed by atoms with van der Waals surface area (Å²) in [5.41, 5.74) is 4.77. The molecule has 0 spiro atoms. The fraction of sp³-hybridized carbons (Fsp3) is 0.524. The van der Waals surface area contributed by atoms with Crippen LogP contribution in [0.2, 0.25) is 0 Å². The molecule has 2 fully saturated rings. The van der Waals surface area contributed by atoms with E-state index >= 15 is 0 Å². The molecule has 0 aliphatic carbocycles. The Bertz CT molecular complexity index is 1220. The van der Waals surface area contributed by atoms with Crippen LogP contribution in [-0.2, 0) is 23.9 Å². The molecule has 0 N–H and O–H groups in total. The highest BCUT2D eigenvalue weighted by Gasteiger charge is 2.40. The minimum Gasteiger partial charge on any atom is -0.374 e. The Hall–Kier alpha value is -2.95. The van der Waals surface area contributed by atoms with Crippen molar-refractivity contribution in [3.05, 3.63) is 40.5 Å². The van der Waals surface area contributed by atoms with Gasteiger partial charge in [-0.05, 0) is 31.9 Å². The van der Waals surface area contributed by atoms with Crippen LogP contribution in [0.5, 0.6) is 0 Å². The van der Waals surface area contributed by atoms with E-state index in [1.165, 1.54) is 0 Å². The number of hydrogen-bond donors (Lipinski definition) is 0. The van der Waals surface area contributed by atoms with Gasteiger partial charge in [0.25, 0.3) is 5.82 Å². The summed E-state index contributed by atoms with van der Waals surface area (Å²) in [6.45, 7) is 6.41. The number of anilines is 2. The standard InChI is InChI=1S/C21H22F3N7O/c1-11-12(2)19(28-31-18(11)26-27-20(31)21(22,23)24)29-4-3-17-13(8-29)5-14(7-25-17)30-9-16-6-15(30)10-32-16/h5,7,15-16H,3-4,6,8-10H2,1-2H3. The number of ether oxygens (including phenoxy) is 1. The summed E-state index contributed by atoms with van der Waals surface area (Å²) in [7, 11) is 0. The van der Waals surface area contributed by atoms with E-state index in [1.54, 1.807) is 6.92 Å². The average molecular weight is 445 g/mol. The Labute approximate surface area is 182 Å². The number of alkyl halides is 3. The van der Waals surface area contributed by atoms with Crippen LogP contribution >= 0.6 is 0 Å². The van der Waals surface area contributed by atoms with E-state index in [0.717, 1.165) is 46.6 Å². The van der Waals surface area contributed by atoms with Crippen molar-refractivity contribution in [1.82, 2.24) is 24.8 Å². The molecule has 2 saturated heterocycles. The smallest absolute Gasteiger partial charge is 0.374 e. The Balaban J connectivity index is 1.36. The van der Waals surface area contributed by atoms with Gasteiger partial charge in [0.2, 0.25) is 0 Å². The van der Waals surface area contributed by atoms with Crippen molar-refractivity contribution >= 4 is 17.2 Å². The summed E-state index contributed by atoms with van der Waals surface area (Å²) in [4.78, 5) is 9.08. The minimum atomic E-state index is -4.63. The molecule has 0 saturated carbocycles. The predicted molar refractivity (Wildman–Crippen MR) is 110 cm³/mol. The van der Waals surface area contributed by atoms with Gasteiger partial charge in [-0.3, -0.25) is 4.98 Å². The molecule has 6 rings (SSSR count). The Morgan fingerprint density at radius 1 is 1.16 bits per heavy atom. The highest BCUT2D eigenvalue weighted by atomic mass is 19.4. The molecule has 3 aliphatic rings. The molecule has 32 heavy (non-hydrogen) atoms. The molecule has 0 amide bonds. The van der Waals surface area contributed by atoms with E-state index in [-0.39, 0.29) is 5.65 Å². The maximum Gasteiger partial charge on any atom is 0.453 e. The zero-order chi connectivity index (χ0) is 22.2. The van der Waals surface area contributed by atoms with Crippen LogP contribution in [0.1, 0.15) is 34.6 Å². The fourth-order valence-electron chi connectivity index (χ4n) is 5.06. The summed E-state index contributed by atoms with van der Waals surface area (Å²) < 4.78 is 46.8. The second-order valence-electron chi connectivity index (χ2n) is 8.80. The quantitative estimate of drug-likeness (QED) is 0.601. The predicted octanol–water partition coefficient (Wildman–Crippen LogP) is 2.70. The van der Waals surface area contributed by atoms with Crippen molar-refractivity contribution in [3.8, 4) is 0 Å². The van der Waals surface area contributed by atoms with Crippen molar-refractivity contribution in [2.24, 2.45) is 0 Å². The maximum absolute atomic E-state index is 13.4. The van der Waals surface area contributed by atoms with Gasteiger partial charge in [0.1, 0.15) is 0 Å². The third-order valence-electron chi connectivity index (χ3n) is 6.88. The van der Waals surface area contributed by atoms with E-state index in [9.17, 15) is 13.2 Å². The summed E-state index contributed by atoms with van der Waals surface area (Å²) >= 11 is 0. The number of halogens is 3. The normalized spacial score (nSPS) is 22.8. The van der Waals surface area contributed by atoms with Crippen molar-refractivity contribution < 1.29 is 17.9 Å². The molecule has 0 aromatic carbocycles. The topological polar surface area (TPSA) is 71.7 Å². The lowest BCUT2D eigenvalue weighted by molar-refractivity contribution is -0.146. The molecule has 3 aromatic heterocycles. The zero-order valence-electron chi connectivity index (χ0n) is 17.7. The lowest BCUT2D eigenvalue weighted by Gasteiger charge is -2.33. The molecule has 6 heterocycles. The number of rotatable bonds is 2. The molecular formula is C21H22F3N7O. The van der Waals surface area contributed by atoms with Gasteiger partial charge in [-0.2, -0.15) is 17.7 Å². The summed E-state index contributed by atoms with van der Waals surface area (Å²) in [5, 5.41) is 11.4. The van der Waals surface area contributed by atoms with Gasteiger partial charge in [0.15, 0.2) is 11.5 Å². The van der Waals surface area contributed by atoms with Gasteiger partial charge in [-0.15, -0.1) is 15.3 Å². The molecule has 3 aliphatic heterocycles. The van der Waals surface area contributed by atoms with Gasteiger partial charge >= 0.3 is 6.18 Å². The van der Waals surface area contributed by atoms with E-state index in [4.69, 9.17) is 9.72 Å². The van der Waals surface area contributed by atoms with Crippen LogP contribution in [0.3, 0.4) is 0 Å². The number of nitrogens with zero attached hydrogens (tertiary/aromatic N) is 7. The monoisotopic (exact) mass is 445 g/mol. The summed E-state index contributed by atoms with van der Waals surface area (Å²) in [6.07, 6.45) is -0.650. The lowest BCUT2D eigenvalue weighted by atomic mass is 10.0. The van der Waals surface area contributed by atoms with Crippen molar-refractivity contribution in [1.29, 1.82) is 0 Å². The molecule has 0 radical (unpaired) electrons. The van der Waals surface area contributed by atoms with E-state index in [0.29, 0.717) is 43.0 Å². The molecule has 3 aromatic rings. The Morgan fingerprint density at radius 3 is 2.72 bits per heavy atom. The van der Waals surface area contributed by atoms with E-state index in [1.807, 2.05) is 18.0 Å². The number of morpholine rings is 1. The first-order valence-electron chi connectivity index (χ1n) is 10.7. The van der Waals surface area contributed by atoms with Gasteiger partial charge in [-0.1, -0.05) is 0 Å². The van der Waals surface area contributed by atoms with Crippen LogP contribution in [0, 0.1) is 13.8 Å². The number of aryl methyl sites for hydroxylation is 1. The molecule has 2 bridgehead atoms. The first-order valence-corrected chi connectivity index (χ1v) is 10.7. The number of pyridine rings is 1. The summed E-state index contributed by atoms with van der Waals surface area (Å²) in [6, 6.07) is 2.55. The van der Waals surface area contributed by atoms with Crippen LogP contribution < -0.4 is 9.80 Å². The highest BCUT2D eigenvalue weighted by molar-refractivity contribution is 5.60. The molecule has 11 heteroatoms. The van der Waals surface area contributed by atoms with Crippen molar-refractivity contribution in [2.75, 3.05) is 29.5 Å². The van der Waals surface area contributed by atoms with Crippen molar-refractivity contribution in [3.63, 3.8) is 0 Å². The second kappa shape index (κ2) is 6.77. The van der Waals surface area contributed by atoms with Gasteiger partial charge in [-0.25, -0.2) is 0 Å². The second-order valence-corrected chi connectivity index (χ2v) is 8.80. The number of hydrogen-bond acceptors (Lipinski definition) is 7. The Morgan fingerprint density at radius 2 is 2.00 bits per heavy atom.